The number of rotatable bonds is 12. The molecule has 208 valence electrons. The molecule has 5 N–H and O–H groups in total. The normalized spacial score (nSPS) is 13.0. The van der Waals surface area contributed by atoms with Crippen LogP contribution in [0.4, 0.5) is 0 Å². The van der Waals surface area contributed by atoms with Crippen molar-refractivity contribution in [1.82, 2.24) is 9.88 Å². The number of hydrogen-bond donors (Lipinski definition) is 5. The highest BCUT2D eigenvalue weighted by Crippen LogP contribution is 2.33. The summed E-state index contributed by atoms with van der Waals surface area (Å²) in [5.74, 6) is -0.352. The average Bonchev–Trinajstić information content (AvgIpc) is 3.24. The van der Waals surface area contributed by atoms with Crippen molar-refractivity contribution in [2.75, 3.05) is 13.2 Å². The molecule has 0 aliphatic rings. The molecule has 1 unspecified atom stereocenters. The second-order valence-corrected chi connectivity index (χ2v) is 10.9. The van der Waals surface area contributed by atoms with Gasteiger partial charge in [-0.2, -0.15) is 0 Å². The number of carbonyl (C=O) groups is 1. The Labute approximate surface area is 237 Å². The van der Waals surface area contributed by atoms with Crippen molar-refractivity contribution < 1.29 is 34.1 Å². The van der Waals surface area contributed by atoms with Crippen molar-refractivity contribution >= 4 is 46.8 Å². The molecular weight excluding hydrogens is 587 g/mol. The number of aliphatic hydroxyl groups is 1. The average molecular weight is 619 g/mol. The van der Waals surface area contributed by atoms with Crippen LogP contribution in [0.3, 0.4) is 0 Å². The van der Waals surface area contributed by atoms with E-state index in [1.807, 2.05) is 55.5 Å². The molecule has 4 rings (SSSR count). The summed E-state index contributed by atoms with van der Waals surface area (Å²) in [5.41, 5.74) is 2.62. The number of aromatic nitrogens is 1. The van der Waals surface area contributed by atoms with Gasteiger partial charge in [0.05, 0.1) is 5.30 Å². The third-order valence-electron chi connectivity index (χ3n) is 6.23. The highest BCUT2D eigenvalue weighted by molar-refractivity contribution is 8.93. The summed E-state index contributed by atoms with van der Waals surface area (Å²) in [4.78, 5) is 30.6. The monoisotopic (exact) mass is 618 g/mol. The molecule has 0 saturated heterocycles. The lowest BCUT2D eigenvalue weighted by Gasteiger charge is -2.18. The first-order chi connectivity index (χ1) is 18.1. The van der Waals surface area contributed by atoms with E-state index in [0.29, 0.717) is 18.7 Å². The number of carboxylic acid groups (broad SMARTS) is 1. The molecule has 0 bridgehead atoms. The van der Waals surface area contributed by atoms with Gasteiger partial charge in [0.15, 0.2) is 0 Å². The molecule has 11 heteroatoms. The summed E-state index contributed by atoms with van der Waals surface area (Å²) in [5, 5.41) is 24.0. The molecule has 0 spiro atoms. The fourth-order valence-electron chi connectivity index (χ4n) is 4.30. The fourth-order valence-corrected chi connectivity index (χ4v) is 4.84. The Bertz CT molecular complexity index is 1440. The number of benzene rings is 3. The summed E-state index contributed by atoms with van der Waals surface area (Å²) in [6, 6.07) is 22.7. The number of ether oxygens (including phenoxy) is 1. The van der Waals surface area contributed by atoms with Crippen molar-refractivity contribution in [3.05, 3.63) is 95.7 Å². The summed E-state index contributed by atoms with van der Waals surface area (Å²) >= 11 is 0. The van der Waals surface area contributed by atoms with Crippen molar-refractivity contribution in [3.63, 3.8) is 0 Å². The molecule has 4 aromatic rings. The highest BCUT2D eigenvalue weighted by atomic mass is 79.9. The molecule has 1 aromatic heterocycles. The molecule has 0 aliphatic carbocycles. The largest absolute Gasteiger partial charge is 0.491 e. The third-order valence-corrected chi connectivity index (χ3v) is 7.20. The Kier molecular flexibility index (Phi) is 10.5. The zero-order chi connectivity index (χ0) is 27.3. The van der Waals surface area contributed by atoms with Crippen molar-refractivity contribution in [2.24, 2.45) is 0 Å². The SMILES string of the molecule is Br.CC(Cc1ccc2c(c1)cc(C(=O)O)n2Cc1ccc(P(=O)(O)O)cc1)NC[C@H](O)COc1ccccc1. The van der Waals surface area contributed by atoms with Crippen LogP contribution >= 0.6 is 24.6 Å². The molecule has 9 nitrogen and oxygen atoms in total. The van der Waals surface area contributed by atoms with E-state index >= 15 is 0 Å². The van der Waals surface area contributed by atoms with Gasteiger partial charge in [-0.15, -0.1) is 17.0 Å². The number of fused-ring (bicyclic) bond motifs is 1. The number of para-hydroxylation sites is 1. The zero-order valence-electron chi connectivity index (χ0n) is 21.3. The van der Waals surface area contributed by atoms with E-state index in [1.54, 1.807) is 22.8 Å². The molecule has 3 aromatic carbocycles. The lowest BCUT2D eigenvalue weighted by Crippen LogP contribution is -2.37. The first-order valence-corrected chi connectivity index (χ1v) is 13.8. The quantitative estimate of drug-likeness (QED) is 0.151. The van der Waals surface area contributed by atoms with Gasteiger partial charge in [0, 0.05) is 30.0 Å². The van der Waals surface area contributed by atoms with Crippen LogP contribution in [0.2, 0.25) is 0 Å². The maximum atomic E-state index is 12.0. The molecule has 0 aliphatic heterocycles. The first kappa shape index (κ1) is 30.6. The minimum Gasteiger partial charge on any atom is -0.491 e. The van der Waals surface area contributed by atoms with E-state index in [2.05, 4.69) is 5.32 Å². The van der Waals surface area contributed by atoms with Gasteiger partial charge in [-0.3, -0.25) is 4.57 Å². The number of aliphatic hydroxyl groups excluding tert-OH is 1. The molecule has 0 fully saturated rings. The van der Waals surface area contributed by atoms with E-state index in [0.717, 1.165) is 22.0 Å². The minimum absolute atomic E-state index is 0. The van der Waals surface area contributed by atoms with Crippen molar-refractivity contribution in [1.29, 1.82) is 0 Å². The van der Waals surface area contributed by atoms with Crippen LogP contribution in [-0.2, 0) is 17.5 Å². The Morgan fingerprint density at radius 1 is 1.00 bits per heavy atom. The minimum atomic E-state index is -4.34. The van der Waals surface area contributed by atoms with E-state index in [9.17, 15) is 29.4 Å². The number of nitrogens with zero attached hydrogens (tertiary/aromatic N) is 1. The number of aromatic carboxylic acids is 1. The van der Waals surface area contributed by atoms with Gasteiger partial charge >= 0.3 is 13.6 Å². The second kappa shape index (κ2) is 13.4. The van der Waals surface area contributed by atoms with Gasteiger partial charge in [0.1, 0.15) is 24.2 Å². The van der Waals surface area contributed by atoms with Crippen LogP contribution in [-0.4, -0.2) is 55.8 Å². The first-order valence-electron chi connectivity index (χ1n) is 12.2. The Hall–Kier alpha value is -2.98. The fraction of sp³-hybridized carbons (Fsp3) is 0.250. The molecule has 0 amide bonds. The number of halogens is 1. The predicted molar refractivity (Wildman–Crippen MR) is 156 cm³/mol. The van der Waals surface area contributed by atoms with E-state index in [4.69, 9.17) is 4.74 Å². The highest BCUT2D eigenvalue weighted by Gasteiger charge is 2.18. The van der Waals surface area contributed by atoms with Crippen LogP contribution in [0.25, 0.3) is 10.9 Å². The molecule has 2 atom stereocenters. The summed E-state index contributed by atoms with van der Waals surface area (Å²) in [6.45, 7) is 2.82. The topological polar surface area (TPSA) is 141 Å². The Balaban J connectivity index is 0.00000420. The summed E-state index contributed by atoms with van der Waals surface area (Å²) < 4.78 is 18.7. The third kappa shape index (κ3) is 8.25. The van der Waals surface area contributed by atoms with Crippen molar-refractivity contribution in [3.8, 4) is 5.75 Å². The Morgan fingerprint density at radius 3 is 2.31 bits per heavy atom. The number of carboxylic acids is 1. The lowest BCUT2D eigenvalue weighted by atomic mass is 10.0. The van der Waals surface area contributed by atoms with Crippen LogP contribution in [0.15, 0.2) is 78.9 Å². The molecule has 0 saturated carbocycles. The Morgan fingerprint density at radius 2 is 1.67 bits per heavy atom. The summed E-state index contributed by atoms with van der Waals surface area (Å²) in [7, 11) is -4.34. The second-order valence-electron chi connectivity index (χ2n) is 9.32. The number of hydrogen-bond acceptors (Lipinski definition) is 5. The van der Waals surface area contributed by atoms with E-state index < -0.39 is 19.7 Å². The lowest BCUT2D eigenvalue weighted by molar-refractivity contribution is 0.0686. The van der Waals surface area contributed by atoms with Crippen LogP contribution in [0, 0.1) is 0 Å². The van der Waals surface area contributed by atoms with Gasteiger partial charge in [0.2, 0.25) is 0 Å². The molecule has 0 radical (unpaired) electrons. The van der Waals surface area contributed by atoms with Crippen LogP contribution in [0.5, 0.6) is 5.75 Å². The zero-order valence-corrected chi connectivity index (χ0v) is 23.9. The number of nitrogens with one attached hydrogen (secondary N) is 1. The van der Waals surface area contributed by atoms with E-state index in [1.165, 1.54) is 12.1 Å². The molecular formula is C28H32BrN2O7P. The van der Waals surface area contributed by atoms with Gasteiger partial charge < -0.3 is 34.6 Å². The van der Waals surface area contributed by atoms with Gasteiger partial charge in [-0.05, 0) is 66.9 Å². The predicted octanol–water partition coefficient (Wildman–Crippen LogP) is 3.73. The van der Waals surface area contributed by atoms with E-state index in [-0.39, 0.29) is 47.2 Å². The molecule has 1 heterocycles. The standard InChI is InChI=1S/C28H31N2O7P.BrH/c1-19(29-16-23(31)18-37-24-5-3-2-4-6-24)13-21-9-12-26-22(14-21)15-27(28(32)33)30(26)17-20-7-10-25(11-8-20)38(34,35)36;/h2-12,14-15,19,23,29,31H,13,16-18H2,1H3,(H,32,33)(H2,34,35,36);1H/t19?,23-;/m0./s1. The maximum Gasteiger partial charge on any atom is 0.356 e. The van der Waals surface area contributed by atoms with Gasteiger partial charge in [-0.1, -0.05) is 36.4 Å². The van der Waals surface area contributed by atoms with Crippen LogP contribution in [0.1, 0.15) is 28.5 Å². The van der Waals surface area contributed by atoms with Crippen molar-refractivity contribution in [2.45, 2.75) is 32.0 Å². The molecule has 39 heavy (non-hydrogen) atoms. The van der Waals surface area contributed by atoms with Crippen LogP contribution < -0.4 is 15.4 Å². The van der Waals surface area contributed by atoms with Gasteiger partial charge in [0.25, 0.3) is 0 Å². The van der Waals surface area contributed by atoms with Gasteiger partial charge in [-0.25, -0.2) is 4.79 Å². The smallest absolute Gasteiger partial charge is 0.356 e. The summed E-state index contributed by atoms with van der Waals surface area (Å²) in [6.07, 6.45) is 0.0163. The maximum absolute atomic E-state index is 12.0.